The number of aliphatic hydroxyl groups is 1. The molecule has 7 rings (SSSR count). The molecular formula is C30H41N7O3. The molecule has 10 nitrogen and oxygen atoms in total. The van der Waals surface area contributed by atoms with E-state index in [9.17, 15) is 14.7 Å². The summed E-state index contributed by atoms with van der Waals surface area (Å²) in [6, 6.07) is 6.57. The lowest BCUT2D eigenvalue weighted by Gasteiger charge is -2.38. The van der Waals surface area contributed by atoms with E-state index in [0.29, 0.717) is 43.7 Å². The number of aliphatic hydroxyl groups excluding tert-OH is 1. The smallest absolute Gasteiger partial charge is 0.274 e. The van der Waals surface area contributed by atoms with Gasteiger partial charge in [0, 0.05) is 75.3 Å². The quantitative estimate of drug-likeness (QED) is 0.583. The van der Waals surface area contributed by atoms with Crippen LogP contribution in [0.2, 0.25) is 0 Å². The number of nitrogens with one attached hydrogen (secondary N) is 1. The fourth-order valence-electron chi connectivity index (χ4n) is 7.49. The van der Waals surface area contributed by atoms with Gasteiger partial charge < -0.3 is 19.8 Å². The molecule has 4 atom stereocenters. The number of carbonyl (C=O) groups is 2. The first-order valence-electron chi connectivity index (χ1n) is 15.0. The van der Waals surface area contributed by atoms with Crippen molar-refractivity contribution in [3.8, 4) is 0 Å². The van der Waals surface area contributed by atoms with E-state index in [-0.39, 0.29) is 24.4 Å². The first-order chi connectivity index (χ1) is 19.4. The number of aromatic nitrogens is 2. The van der Waals surface area contributed by atoms with Gasteiger partial charge in [-0.2, -0.15) is 5.10 Å². The Morgan fingerprint density at radius 1 is 1.07 bits per heavy atom. The topological polar surface area (TPSA) is 97.2 Å². The van der Waals surface area contributed by atoms with Crippen molar-refractivity contribution in [1.82, 2.24) is 29.8 Å². The number of fused-ring (bicyclic) bond motifs is 3. The van der Waals surface area contributed by atoms with Gasteiger partial charge >= 0.3 is 0 Å². The van der Waals surface area contributed by atoms with E-state index in [0.717, 1.165) is 63.1 Å². The second-order valence-electron chi connectivity index (χ2n) is 12.4. The van der Waals surface area contributed by atoms with E-state index in [1.807, 2.05) is 14.5 Å². The Hall–Kier alpha value is -2.95. The average Bonchev–Trinajstić information content (AvgIpc) is 3.25. The van der Waals surface area contributed by atoms with E-state index in [1.165, 1.54) is 16.8 Å². The van der Waals surface area contributed by atoms with E-state index in [1.54, 1.807) is 0 Å². The Kier molecular flexibility index (Phi) is 6.59. The molecule has 214 valence electrons. The van der Waals surface area contributed by atoms with E-state index < -0.39 is 6.35 Å². The minimum Gasteiger partial charge on any atom is -0.368 e. The molecule has 1 aromatic heterocycles. The summed E-state index contributed by atoms with van der Waals surface area (Å²) in [4.78, 5) is 35.6. The predicted octanol–water partition coefficient (Wildman–Crippen LogP) is 1.29. The lowest BCUT2D eigenvalue weighted by Crippen LogP contribution is -2.52. The number of rotatable bonds is 5. The maximum absolute atomic E-state index is 13.8. The van der Waals surface area contributed by atoms with Gasteiger partial charge in [0.25, 0.3) is 5.91 Å². The van der Waals surface area contributed by atoms with Crippen molar-refractivity contribution >= 4 is 17.5 Å². The van der Waals surface area contributed by atoms with Crippen LogP contribution in [0.4, 0.5) is 5.69 Å². The van der Waals surface area contributed by atoms with Crippen molar-refractivity contribution in [3.63, 3.8) is 0 Å². The highest BCUT2D eigenvalue weighted by Gasteiger charge is 2.51. The fourth-order valence-corrected chi connectivity index (χ4v) is 7.49. The van der Waals surface area contributed by atoms with Crippen LogP contribution in [0.25, 0.3) is 0 Å². The lowest BCUT2D eigenvalue weighted by molar-refractivity contribution is -0.132. The number of carbonyl (C=O) groups excluding carboxylic acids is 2. The molecule has 3 aliphatic heterocycles. The van der Waals surface area contributed by atoms with E-state index in [2.05, 4.69) is 47.2 Å². The Labute approximate surface area is 235 Å². The first-order valence-corrected chi connectivity index (χ1v) is 15.0. The molecule has 40 heavy (non-hydrogen) atoms. The number of amides is 2. The van der Waals surface area contributed by atoms with Crippen LogP contribution in [0.15, 0.2) is 18.2 Å². The van der Waals surface area contributed by atoms with Gasteiger partial charge in [-0.25, -0.2) is 0 Å². The van der Waals surface area contributed by atoms with Gasteiger partial charge in [0.05, 0.1) is 0 Å². The number of aryl methyl sites for hydroxylation is 1. The molecule has 4 fully saturated rings. The molecule has 0 bridgehead atoms. The maximum atomic E-state index is 13.8. The van der Waals surface area contributed by atoms with Crippen LogP contribution in [-0.2, 0) is 17.8 Å². The first kappa shape index (κ1) is 26.0. The standard InChI is InChI=1S/C30H41N7O3/c1-19-5-3-7-24(20(19)2)33-11-13-34(14-12-33)26(38)18-37-25-16-21-15-23(21)27(25)28(32-37)29(39)35-9-4-6-22(17-35)36-10-8-31-30(36)40/h3,5,7,21-23,30-31,40H,4,6,8-18H2,1-2H3/t21-,22?,23-,30?/m1/s1. The van der Waals surface area contributed by atoms with Crippen molar-refractivity contribution in [2.75, 3.05) is 57.3 Å². The molecule has 3 saturated heterocycles. The third-order valence-corrected chi connectivity index (χ3v) is 10.0. The van der Waals surface area contributed by atoms with Crippen LogP contribution in [0, 0.1) is 19.8 Å². The summed E-state index contributed by atoms with van der Waals surface area (Å²) >= 11 is 0. The number of nitrogens with zero attached hydrogens (tertiary/aromatic N) is 6. The number of likely N-dealkylation sites (tertiary alicyclic amines) is 1. The zero-order valence-corrected chi connectivity index (χ0v) is 23.7. The number of hydrogen-bond donors (Lipinski definition) is 2. The van der Waals surface area contributed by atoms with Crippen molar-refractivity contribution in [3.05, 3.63) is 46.3 Å². The normalized spacial score (nSPS) is 28.1. The third kappa shape index (κ3) is 4.50. The summed E-state index contributed by atoms with van der Waals surface area (Å²) in [6.07, 6.45) is 3.31. The van der Waals surface area contributed by atoms with Crippen LogP contribution in [0.1, 0.15) is 58.1 Å². The number of benzene rings is 1. The summed E-state index contributed by atoms with van der Waals surface area (Å²) in [7, 11) is 0. The lowest BCUT2D eigenvalue weighted by atomic mass is 10.0. The Morgan fingerprint density at radius 3 is 2.67 bits per heavy atom. The van der Waals surface area contributed by atoms with Gasteiger partial charge in [0.15, 0.2) is 12.0 Å². The van der Waals surface area contributed by atoms with E-state index in [4.69, 9.17) is 5.10 Å². The molecule has 2 aromatic rings. The summed E-state index contributed by atoms with van der Waals surface area (Å²) in [6.45, 7) is 10.4. The second-order valence-corrected chi connectivity index (χ2v) is 12.4. The summed E-state index contributed by atoms with van der Waals surface area (Å²) in [5.41, 5.74) is 6.62. The Bertz CT molecular complexity index is 1320. The van der Waals surface area contributed by atoms with Crippen LogP contribution >= 0.6 is 0 Å². The number of piperidine rings is 1. The van der Waals surface area contributed by atoms with Crippen LogP contribution < -0.4 is 10.2 Å². The number of piperazine rings is 1. The van der Waals surface area contributed by atoms with Crippen molar-refractivity contribution in [1.29, 1.82) is 0 Å². The molecule has 0 spiro atoms. The molecule has 0 radical (unpaired) electrons. The van der Waals surface area contributed by atoms with E-state index >= 15 is 0 Å². The molecule has 1 saturated carbocycles. The predicted molar refractivity (Wildman–Crippen MR) is 151 cm³/mol. The minimum absolute atomic E-state index is 0.0107. The number of hydrogen-bond acceptors (Lipinski definition) is 7. The van der Waals surface area contributed by atoms with Crippen molar-refractivity contribution in [2.24, 2.45) is 5.92 Å². The molecule has 1 aromatic carbocycles. The number of anilines is 1. The van der Waals surface area contributed by atoms with Crippen molar-refractivity contribution < 1.29 is 14.7 Å². The molecule has 2 aliphatic carbocycles. The SMILES string of the molecule is Cc1cccc(N2CCN(C(=O)Cn3nc(C(=O)N4CCCC(N5CCNC5O)C4)c4c3C[C@H]3C[C@@H]43)CC2)c1C. The average molecular weight is 548 g/mol. The van der Waals surface area contributed by atoms with Gasteiger partial charge in [0.2, 0.25) is 5.91 Å². The Balaban J connectivity index is 1.04. The summed E-state index contributed by atoms with van der Waals surface area (Å²) in [5.74, 6) is 1.09. The molecule has 2 N–H and O–H groups in total. The summed E-state index contributed by atoms with van der Waals surface area (Å²) in [5, 5.41) is 18.2. The largest absolute Gasteiger partial charge is 0.368 e. The molecule has 5 aliphatic rings. The zero-order chi connectivity index (χ0) is 27.5. The van der Waals surface area contributed by atoms with Gasteiger partial charge in [0.1, 0.15) is 6.54 Å². The second kappa shape index (κ2) is 10.2. The van der Waals surface area contributed by atoms with Crippen LogP contribution in [0.5, 0.6) is 0 Å². The highest BCUT2D eigenvalue weighted by Crippen LogP contribution is 2.57. The Morgan fingerprint density at radius 2 is 1.90 bits per heavy atom. The van der Waals surface area contributed by atoms with Crippen molar-refractivity contribution in [2.45, 2.75) is 64.4 Å². The van der Waals surface area contributed by atoms with Gasteiger partial charge in [-0.1, -0.05) is 12.1 Å². The van der Waals surface area contributed by atoms with Crippen LogP contribution in [-0.4, -0.2) is 106 Å². The monoisotopic (exact) mass is 547 g/mol. The fraction of sp³-hybridized carbons (Fsp3) is 0.633. The molecule has 2 unspecified atom stereocenters. The highest BCUT2D eigenvalue weighted by molar-refractivity contribution is 5.95. The molecular weight excluding hydrogens is 506 g/mol. The van der Waals surface area contributed by atoms with Gasteiger partial charge in [-0.3, -0.25) is 24.5 Å². The molecule has 4 heterocycles. The maximum Gasteiger partial charge on any atom is 0.274 e. The molecule has 2 amide bonds. The van der Waals surface area contributed by atoms with Gasteiger partial charge in [-0.05, 0) is 68.6 Å². The summed E-state index contributed by atoms with van der Waals surface area (Å²) < 4.78 is 1.85. The minimum atomic E-state index is -0.635. The van der Waals surface area contributed by atoms with Gasteiger partial charge in [-0.15, -0.1) is 0 Å². The van der Waals surface area contributed by atoms with Crippen LogP contribution in [0.3, 0.4) is 0 Å². The zero-order valence-electron chi connectivity index (χ0n) is 23.7. The molecule has 10 heteroatoms. The highest BCUT2D eigenvalue weighted by atomic mass is 16.3. The third-order valence-electron chi connectivity index (χ3n) is 10.0.